The third-order valence-electron chi connectivity index (χ3n) is 2.55. The number of carbonyl (C=O) groups excluding carboxylic acids is 1. The Labute approximate surface area is 105 Å². The van der Waals surface area contributed by atoms with E-state index in [1.807, 2.05) is 38.1 Å². The molecule has 2 aromatic rings. The third kappa shape index (κ3) is 2.74. The van der Waals surface area contributed by atoms with Crippen LogP contribution in [0.1, 0.15) is 25.3 Å². The Morgan fingerprint density at radius 1 is 1.28 bits per heavy atom. The molecule has 0 bridgehead atoms. The van der Waals surface area contributed by atoms with E-state index >= 15 is 0 Å². The van der Waals surface area contributed by atoms with Crippen molar-refractivity contribution >= 4 is 11.7 Å². The van der Waals surface area contributed by atoms with Crippen molar-refractivity contribution in [2.45, 2.75) is 26.7 Å². The highest BCUT2D eigenvalue weighted by Crippen LogP contribution is 2.24. The van der Waals surface area contributed by atoms with E-state index in [0.717, 1.165) is 17.5 Å². The number of hydrogen-bond acceptors (Lipinski definition) is 4. The van der Waals surface area contributed by atoms with Crippen LogP contribution in [0, 0.1) is 6.92 Å². The number of nitrogens with one attached hydrogen (secondary N) is 1. The highest BCUT2D eigenvalue weighted by molar-refractivity contribution is 5.92. The van der Waals surface area contributed by atoms with Gasteiger partial charge in [-0.15, -0.1) is 0 Å². The largest absolute Gasteiger partial charge is 0.306 e. The van der Waals surface area contributed by atoms with Crippen LogP contribution in [0.4, 0.5) is 5.82 Å². The lowest BCUT2D eigenvalue weighted by Crippen LogP contribution is -2.11. The Morgan fingerprint density at radius 2 is 2.00 bits per heavy atom. The lowest BCUT2D eigenvalue weighted by molar-refractivity contribution is -0.116. The summed E-state index contributed by atoms with van der Waals surface area (Å²) in [6.07, 6.45) is 1.25. The van der Waals surface area contributed by atoms with E-state index in [1.165, 1.54) is 0 Å². The summed E-state index contributed by atoms with van der Waals surface area (Å²) < 4.78 is 4.69. The average molecular weight is 245 g/mol. The molecular weight excluding hydrogens is 230 g/mol. The standard InChI is InChI=1S/C13H15N3O2/c1-3-4-11(17)14-13-12(15-18-16-13)10-7-5-9(2)6-8-10/h5-8H,3-4H2,1-2H3,(H,14,16,17). The van der Waals surface area contributed by atoms with Crippen molar-refractivity contribution in [2.75, 3.05) is 5.32 Å². The summed E-state index contributed by atoms with van der Waals surface area (Å²) in [7, 11) is 0. The minimum absolute atomic E-state index is 0.0819. The second-order valence-corrected chi connectivity index (χ2v) is 4.13. The van der Waals surface area contributed by atoms with Crippen LogP contribution in [0.5, 0.6) is 0 Å². The van der Waals surface area contributed by atoms with Crippen LogP contribution >= 0.6 is 0 Å². The summed E-state index contributed by atoms with van der Waals surface area (Å²) >= 11 is 0. The minimum Gasteiger partial charge on any atom is -0.306 e. The number of rotatable bonds is 4. The number of benzene rings is 1. The summed E-state index contributed by atoms with van der Waals surface area (Å²) in [5.41, 5.74) is 2.58. The van der Waals surface area contributed by atoms with Gasteiger partial charge in [0.1, 0.15) is 0 Å². The first-order chi connectivity index (χ1) is 8.70. The molecule has 0 radical (unpaired) electrons. The molecule has 0 unspecified atom stereocenters. The molecule has 5 heteroatoms. The van der Waals surface area contributed by atoms with Gasteiger partial charge in [-0.25, -0.2) is 4.63 Å². The number of hydrogen-bond donors (Lipinski definition) is 1. The number of nitrogens with zero attached hydrogens (tertiary/aromatic N) is 2. The second kappa shape index (κ2) is 5.44. The quantitative estimate of drug-likeness (QED) is 0.899. The van der Waals surface area contributed by atoms with Crippen LogP contribution < -0.4 is 5.32 Å². The van der Waals surface area contributed by atoms with Crippen LogP contribution in [0.2, 0.25) is 0 Å². The number of anilines is 1. The Morgan fingerprint density at radius 3 is 2.67 bits per heavy atom. The normalized spacial score (nSPS) is 10.3. The predicted octanol–water partition coefficient (Wildman–Crippen LogP) is 2.78. The van der Waals surface area contributed by atoms with Gasteiger partial charge < -0.3 is 5.32 Å². The van der Waals surface area contributed by atoms with Crippen LogP contribution in [-0.2, 0) is 4.79 Å². The summed E-state index contributed by atoms with van der Waals surface area (Å²) in [5, 5.41) is 10.2. The fraction of sp³-hybridized carbons (Fsp3) is 0.308. The molecule has 94 valence electrons. The molecule has 0 atom stereocenters. The van der Waals surface area contributed by atoms with Gasteiger partial charge in [0.2, 0.25) is 11.7 Å². The summed E-state index contributed by atoms with van der Waals surface area (Å²) in [5.74, 6) is 0.291. The van der Waals surface area contributed by atoms with Crippen molar-refractivity contribution in [1.29, 1.82) is 0 Å². The van der Waals surface area contributed by atoms with Crippen molar-refractivity contribution in [2.24, 2.45) is 0 Å². The number of aryl methyl sites for hydroxylation is 1. The molecular formula is C13H15N3O2. The second-order valence-electron chi connectivity index (χ2n) is 4.13. The zero-order valence-corrected chi connectivity index (χ0v) is 10.4. The molecule has 1 N–H and O–H groups in total. The fourth-order valence-corrected chi connectivity index (χ4v) is 1.59. The van der Waals surface area contributed by atoms with E-state index in [1.54, 1.807) is 0 Å². The maximum atomic E-state index is 11.5. The molecule has 5 nitrogen and oxygen atoms in total. The molecule has 0 spiro atoms. The van der Waals surface area contributed by atoms with Gasteiger partial charge in [0.15, 0.2) is 5.69 Å². The maximum Gasteiger partial charge on any atom is 0.225 e. The van der Waals surface area contributed by atoms with Crippen LogP contribution in [0.3, 0.4) is 0 Å². The van der Waals surface area contributed by atoms with Crippen molar-refractivity contribution in [1.82, 2.24) is 10.3 Å². The van der Waals surface area contributed by atoms with E-state index in [9.17, 15) is 4.79 Å². The first-order valence-corrected chi connectivity index (χ1v) is 5.90. The molecule has 0 aliphatic carbocycles. The molecule has 1 aromatic heterocycles. The molecule has 1 amide bonds. The minimum atomic E-state index is -0.0819. The number of aromatic nitrogens is 2. The van der Waals surface area contributed by atoms with Gasteiger partial charge in [0.25, 0.3) is 0 Å². The van der Waals surface area contributed by atoms with Crippen LogP contribution in [-0.4, -0.2) is 16.2 Å². The van der Waals surface area contributed by atoms with Crippen molar-refractivity contribution in [3.8, 4) is 11.3 Å². The number of carbonyl (C=O) groups is 1. The van der Waals surface area contributed by atoms with E-state index in [4.69, 9.17) is 4.63 Å². The van der Waals surface area contributed by atoms with Gasteiger partial charge >= 0.3 is 0 Å². The van der Waals surface area contributed by atoms with Crippen molar-refractivity contribution < 1.29 is 9.42 Å². The Hall–Kier alpha value is -2.17. The molecule has 2 rings (SSSR count). The van der Waals surface area contributed by atoms with Gasteiger partial charge in [-0.05, 0) is 23.7 Å². The lowest BCUT2D eigenvalue weighted by atomic mass is 10.1. The highest BCUT2D eigenvalue weighted by atomic mass is 16.6. The topological polar surface area (TPSA) is 68.0 Å². The first-order valence-electron chi connectivity index (χ1n) is 5.90. The van der Waals surface area contributed by atoms with Crippen LogP contribution in [0.15, 0.2) is 28.9 Å². The third-order valence-corrected chi connectivity index (χ3v) is 2.55. The Kier molecular flexibility index (Phi) is 3.72. The zero-order chi connectivity index (χ0) is 13.0. The van der Waals surface area contributed by atoms with Gasteiger partial charge in [-0.2, -0.15) is 0 Å². The van der Waals surface area contributed by atoms with E-state index < -0.39 is 0 Å². The molecule has 0 aliphatic rings. The van der Waals surface area contributed by atoms with Gasteiger partial charge in [0.05, 0.1) is 0 Å². The first kappa shape index (κ1) is 12.3. The Balaban J connectivity index is 2.22. The maximum absolute atomic E-state index is 11.5. The summed E-state index contributed by atoms with van der Waals surface area (Å²) in [6, 6.07) is 7.79. The fourth-order valence-electron chi connectivity index (χ4n) is 1.59. The molecule has 0 aliphatic heterocycles. The van der Waals surface area contributed by atoms with E-state index in [2.05, 4.69) is 15.6 Å². The number of amides is 1. The van der Waals surface area contributed by atoms with E-state index in [0.29, 0.717) is 17.9 Å². The van der Waals surface area contributed by atoms with Gasteiger partial charge in [0, 0.05) is 12.0 Å². The monoisotopic (exact) mass is 245 g/mol. The van der Waals surface area contributed by atoms with Crippen molar-refractivity contribution in [3.63, 3.8) is 0 Å². The van der Waals surface area contributed by atoms with Crippen LogP contribution in [0.25, 0.3) is 11.3 Å². The predicted molar refractivity (Wildman–Crippen MR) is 68.0 cm³/mol. The molecule has 18 heavy (non-hydrogen) atoms. The van der Waals surface area contributed by atoms with Gasteiger partial charge in [-0.3, -0.25) is 4.79 Å². The molecule has 0 saturated heterocycles. The zero-order valence-electron chi connectivity index (χ0n) is 10.4. The lowest BCUT2D eigenvalue weighted by Gasteiger charge is -2.02. The molecule has 0 saturated carbocycles. The van der Waals surface area contributed by atoms with Gasteiger partial charge in [-0.1, -0.05) is 36.8 Å². The highest BCUT2D eigenvalue weighted by Gasteiger charge is 2.14. The summed E-state index contributed by atoms with van der Waals surface area (Å²) in [6.45, 7) is 3.95. The summed E-state index contributed by atoms with van der Waals surface area (Å²) in [4.78, 5) is 11.5. The Bertz CT molecular complexity index is 531. The molecule has 1 heterocycles. The van der Waals surface area contributed by atoms with Crippen molar-refractivity contribution in [3.05, 3.63) is 29.8 Å². The molecule has 1 aromatic carbocycles. The molecule has 0 fully saturated rings. The average Bonchev–Trinajstić information content (AvgIpc) is 2.78. The van der Waals surface area contributed by atoms with E-state index in [-0.39, 0.29) is 5.91 Å². The smallest absolute Gasteiger partial charge is 0.225 e. The SMILES string of the molecule is CCCC(=O)Nc1nonc1-c1ccc(C)cc1.